The molecular weight excluding hydrogens is 558 g/mol. The van der Waals surface area contributed by atoms with Gasteiger partial charge in [-0.15, -0.1) is 0 Å². The van der Waals surface area contributed by atoms with Crippen LogP contribution in [0.4, 0.5) is 5.69 Å². The van der Waals surface area contributed by atoms with E-state index in [-0.39, 0.29) is 35.8 Å². The third kappa shape index (κ3) is 9.30. The van der Waals surface area contributed by atoms with Crippen LogP contribution in [0.3, 0.4) is 0 Å². The minimum absolute atomic E-state index is 0.0741. The summed E-state index contributed by atoms with van der Waals surface area (Å²) in [7, 11) is 0. The molecule has 2 fully saturated rings. The standard InChI is InChI=1S/C30H43N5O8/c36-25-10-9-24(28(38)34-25)35-29(39)22-7-4-8-23(26(22)30(35)40)32-13-17-43-20-19-42-16-12-31-11-15-41-18-14-33-27(37)21-5-2-1-3-6-21/h4,7-8,21,24,31-32H,1-3,5-6,9-20H2,(H,33,37)(H,34,36,38). The number of carbonyl (C=O) groups excluding carboxylic acids is 5. The van der Waals surface area contributed by atoms with Crippen LogP contribution in [0, 0.1) is 5.92 Å². The van der Waals surface area contributed by atoms with E-state index in [0.29, 0.717) is 71.5 Å². The lowest BCUT2D eigenvalue weighted by molar-refractivity contribution is -0.136. The van der Waals surface area contributed by atoms with E-state index in [9.17, 15) is 24.0 Å². The van der Waals surface area contributed by atoms with Gasteiger partial charge in [0.15, 0.2) is 0 Å². The Balaban J connectivity index is 0.996. The normalized spacial score (nSPS) is 19.0. The minimum Gasteiger partial charge on any atom is -0.382 e. The fourth-order valence-corrected chi connectivity index (χ4v) is 5.51. The number of nitrogens with zero attached hydrogens (tertiary/aromatic N) is 1. The molecule has 0 aromatic heterocycles. The number of rotatable bonds is 18. The molecule has 1 saturated heterocycles. The zero-order valence-electron chi connectivity index (χ0n) is 24.6. The number of benzene rings is 1. The van der Waals surface area contributed by atoms with E-state index >= 15 is 0 Å². The second kappa shape index (κ2) is 17.0. The lowest BCUT2D eigenvalue weighted by Crippen LogP contribution is -2.54. The molecule has 2 aliphatic heterocycles. The molecule has 0 spiro atoms. The van der Waals surface area contributed by atoms with Crippen LogP contribution >= 0.6 is 0 Å². The van der Waals surface area contributed by atoms with E-state index in [1.807, 2.05) is 0 Å². The molecular formula is C30H43N5O8. The Morgan fingerprint density at radius 3 is 2.21 bits per heavy atom. The summed E-state index contributed by atoms with van der Waals surface area (Å²) in [5.74, 6) is -1.80. The van der Waals surface area contributed by atoms with Crippen molar-refractivity contribution in [2.75, 3.05) is 71.1 Å². The van der Waals surface area contributed by atoms with Crippen LogP contribution in [0.25, 0.3) is 0 Å². The van der Waals surface area contributed by atoms with E-state index < -0.39 is 29.7 Å². The number of hydrogen-bond acceptors (Lipinski definition) is 10. The first-order chi connectivity index (χ1) is 21.0. The average molecular weight is 602 g/mol. The maximum absolute atomic E-state index is 13.1. The number of carbonyl (C=O) groups is 5. The summed E-state index contributed by atoms with van der Waals surface area (Å²) in [6.45, 7) is 5.15. The van der Waals surface area contributed by atoms with Gasteiger partial charge < -0.3 is 30.2 Å². The molecule has 0 bridgehead atoms. The monoisotopic (exact) mass is 601 g/mol. The van der Waals surface area contributed by atoms with Crippen LogP contribution < -0.4 is 21.3 Å². The van der Waals surface area contributed by atoms with E-state index in [2.05, 4.69) is 21.3 Å². The van der Waals surface area contributed by atoms with E-state index in [0.717, 1.165) is 30.6 Å². The Kier molecular flexibility index (Phi) is 12.9. The summed E-state index contributed by atoms with van der Waals surface area (Å²) >= 11 is 0. The van der Waals surface area contributed by atoms with Crippen molar-refractivity contribution in [3.8, 4) is 0 Å². The number of hydrogen-bond donors (Lipinski definition) is 4. The lowest BCUT2D eigenvalue weighted by Gasteiger charge is -2.27. The Morgan fingerprint density at radius 1 is 0.814 bits per heavy atom. The fourth-order valence-electron chi connectivity index (χ4n) is 5.51. The maximum Gasteiger partial charge on any atom is 0.264 e. The van der Waals surface area contributed by atoms with Gasteiger partial charge in [0, 0.05) is 44.2 Å². The molecule has 5 amide bonds. The number of fused-ring (bicyclic) bond motifs is 1. The molecule has 3 aliphatic rings. The van der Waals surface area contributed by atoms with Crippen molar-refractivity contribution in [2.45, 2.75) is 51.0 Å². The number of nitrogens with one attached hydrogen (secondary N) is 4. The molecule has 0 radical (unpaired) electrons. The van der Waals surface area contributed by atoms with Gasteiger partial charge in [-0.05, 0) is 31.4 Å². The molecule has 1 saturated carbocycles. The topological polar surface area (TPSA) is 164 Å². The molecule has 1 aromatic carbocycles. The maximum atomic E-state index is 13.1. The van der Waals surface area contributed by atoms with Crippen LogP contribution in [-0.4, -0.2) is 106 Å². The molecule has 13 heteroatoms. The first-order valence-corrected chi connectivity index (χ1v) is 15.3. The van der Waals surface area contributed by atoms with Crippen LogP contribution in [0.1, 0.15) is 65.7 Å². The summed E-state index contributed by atoms with van der Waals surface area (Å²) in [6, 6.07) is 3.94. The number of anilines is 1. The van der Waals surface area contributed by atoms with E-state index in [4.69, 9.17) is 14.2 Å². The Morgan fingerprint density at radius 2 is 1.49 bits per heavy atom. The van der Waals surface area contributed by atoms with Gasteiger partial charge in [0.1, 0.15) is 6.04 Å². The van der Waals surface area contributed by atoms with Gasteiger partial charge in [-0.3, -0.25) is 34.2 Å². The van der Waals surface area contributed by atoms with Crippen molar-refractivity contribution in [3.05, 3.63) is 29.3 Å². The zero-order valence-corrected chi connectivity index (χ0v) is 24.6. The number of ether oxygens (including phenoxy) is 3. The molecule has 4 N–H and O–H groups in total. The van der Waals surface area contributed by atoms with Crippen LogP contribution in [0.15, 0.2) is 18.2 Å². The highest BCUT2D eigenvalue weighted by Crippen LogP contribution is 2.32. The second-order valence-corrected chi connectivity index (χ2v) is 10.8. The predicted octanol–water partition coefficient (Wildman–Crippen LogP) is 0.836. The first-order valence-electron chi connectivity index (χ1n) is 15.3. The van der Waals surface area contributed by atoms with Crippen molar-refractivity contribution in [3.63, 3.8) is 0 Å². The summed E-state index contributed by atoms with van der Waals surface area (Å²) in [4.78, 5) is 62.8. The molecule has 43 heavy (non-hydrogen) atoms. The summed E-state index contributed by atoms with van der Waals surface area (Å²) in [5, 5.41) is 11.5. The molecule has 1 atom stereocenters. The highest BCUT2D eigenvalue weighted by molar-refractivity contribution is 6.25. The molecule has 13 nitrogen and oxygen atoms in total. The minimum atomic E-state index is -0.999. The van der Waals surface area contributed by atoms with Gasteiger partial charge in [0.05, 0.1) is 50.8 Å². The van der Waals surface area contributed by atoms with Crippen molar-refractivity contribution < 1.29 is 38.2 Å². The Bertz CT molecular complexity index is 1140. The van der Waals surface area contributed by atoms with Gasteiger partial charge in [-0.25, -0.2) is 0 Å². The lowest BCUT2D eigenvalue weighted by atomic mass is 9.89. The average Bonchev–Trinajstić information content (AvgIpc) is 3.27. The Labute approximate surface area is 251 Å². The SMILES string of the molecule is O=C1CCC(N2C(=O)c3cccc(NCCOCCOCCNCCOCCNC(=O)C4CCCCC4)c3C2=O)C(=O)N1. The van der Waals surface area contributed by atoms with Gasteiger partial charge in [-0.2, -0.15) is 0 Å². The highest BCUT2D eigenvalue weighted by Gasteiger charge is 2.45. The van der Waals surface area contributed by atoms with Crippen molar-refractivity contribution in [1.29, 1.82) is 0 Å². The van der Waals surface area contributed by atoms with Crippen molar-refractivity contribution >= 4 is 35.2 Å². The van der Waals surface area contributed by atoms with Gasteiger partial charge >= 0.3 is 0 Å². The number of imide groups is 2. The molecule has 1 aliphatic carbocycles. The number of piperidine rings is 1. The smallest absolute Gasteiger partial charge is 0.264 e. The third-order valence-electron chi connectivity index (χ3n) is 7.77. The largest absolute Gasteiger partial charge is 0.382 e. The van der Waals surface area contributed by atoms with Crippen molar-refractivity contribution in [1.82, 2.24) is 20.9 Å². The van der Waals surface area contributed by atoms with E-state index in [1.165, 1.54) is 6.42 Å². The molecule has 1 unspecified atom stereocenters. The summed E-state index contributed by atoms with van der Waals surface area (Å²) < 4.78 is 16.7. The quantitative estimate of drug-likeness (QED) is 0.140. The predicted molar refractivity (Wildman–Crippen MR) is 157 cm³/mol. The Hall–Kier alpha value is -3.39. The summed E-state index contributed by atoms with van der Waals surface area (Å²) in [6.07, 6.45) is 5.73. The van der Waals surface area contributed by atoms with Crippen LogP contribution in [-0.2, 0) is 28.6 Å². The fraction of sp³-hybridized carbons (Fsp3) is 0.633. The van der Waals surface area contributed by atoms with Crippen molar-refractivity contribution in [2.24, 2.45) is 5.92 Å². The highest BCUT2D eigenvalue weighted by atomic mass is 16.5. The molecule has 4 rings (SSSR count). The zero-order chi connectivity index (χ0) is 30.4. The van der Waals surface area contributed by atoms with E-state index in [1.54, 1.807) is 18.2 Å². The molecule has 2 heterocycles. The van der Waals surface area contributed by atoms with Gasteiger partial charge in [-0.1, -0.05) is 25.3 Å². The van der Waals surface area contributed by atoms with Crippen LogP contribution in [0.2, 0.25) is 0 Å². The van der Waals surface area contributed by atoms with Crippen LogP contribution in [0.5, 0.6) is 0 Å². The molecule has 236 valence electrons. The summed E-state index contributed by atoms with van der Waals surface area (Å²) in [5.41, 5.74) is 0.942. The van der Waals surface area contributed by atoms with Gasteiger partial charge in [0.2, 0.25) is 17.7 Å². The second-order valence-electron chi connectivity index (χ2n) is 10.8. The number of amides is 5. The first kappa shape index (κ1) is 32.5. The van der Waals surface area contributed by atoms with Gasteiger partial charge in [0.25, 0.3) is 11.8 Å². The molecule has 1 aromatic rings. The third-order valence-corrected chi connectivity index (χ3v) is 7.77.